The van der Waals surface area contributed by atoms with E-state index in [4.69, 9.17) is 0 Å². The van der Waals surface area contributed by atoms with E-state index in [9.17, 15) is 9.18 Å². The fourth-order valence-electron chi connectivity index (χ4n) is 2.85. The van der Waals surface area contributed by atoms with E-state index in [0.29, 0.717) is 16.9 Å². The van der Waals surface area contributed by atoms with Crippen molar-refractivity contribution in [3.63, 3.8) is 0 Å². The van der Waals surface area contributed by atoms with Gasteiger partial charge in [-0.25, -0.2) is 13.9 Å². The molecule has 1 aromatic carbocycles. The Kier molecular flexibility index (Phi) is 4.32. The van der Waals surface area contributed by atoms with Crippen LogP contribution in [0.4, 0.5) is 4.39 Å². The highest BCUT2D eigenvalue weighted by atomic mass is 19.1. The lowest BCUT2D eigenvalue weighted by Gasteiger charge is -2.25. The van der Waals surface area contributed by atoms with Gasteiger partial charge in [0.2, 0.25) is 5.82 Å². The first-order chi connectivity index (χ1) is 12.7. The third kappa shape index (κ3) is 3.40. The first kappa shape index (κ1) is 16.2. The van der Waals surface area contributed by atoms with Gasteiger partial charge >= 0.3 is 0 Å². The predicted octanol–water partition coefficient (Wildman–Crippen LogP) is 2.29. The van der Waals surface area contributed by atoms with E-state index in [1.807, 2.05) is 0 Å². The Hall–Kier alpha value is -3.27. The molecule has 4 rings (SSSR count). The van der Waals surface area contributed by atoms with Gasteiger partial charge < -0.3 is 4.90 Å². The van der Waals surface area contributed by atoms with E-state index in [1.165, 1.54) is 16.6 Å². The molecular formula is C19H16FN5O. The Morgan fingerprint density at radius 2 is 1.77 bits per heavy atom. The lowest BCUT2D eigenvalue weighted by Crippen LogP contribution is -2.36. The molecule has 0 aliphatic carbocycles. The molecule has 26 heavy (non-hydrogen) atoms. The highest BCUT2D eigenvalue weighted by molar-refractivity contribution is 5.90. The van der Waals surface area contributed by atoms with E-state index in [2.05, 4.69) is 26.9 Å². The minimum Gasteiger partial charge on any atom is -0.336 e. The second-order valence-corrected chi connectivity index (χ2v) is 6.13. The summed E-state index contributed by atoms with van der Waals surface area (Å²) in [5.41, 5.74) is 1.33. The number of fused-ring (bicyclic) bond motifs is 1. The van der Waals surface area contributed by atoms with Gasteiger partial charge in [0.25, 0.3) is 11.7 Å². The van der Waals surface area contributed by atoms with Crippen molar-refractivity contribution in [2.75, 3.05) is 13.1 Å². The molecule has 2 aromatic heterocycles. The standard InChI is InChI=1S/C19H16FN5O/c20-16-8-6-14(7-9-16)4-5-15-12-21-19-22-17(23-25(19)13-15)18(26)24-10-2-1-3-11-24/h6-9,12-13H,1-3,10-11H2. The topological polar surface area (TPSA) is 63.4 Å². The molecule has 130 valence electrons. The summed E-state index contributed by atoms with van der Waals surface area (Å²) in [7, 11) is 0. The molecule has 0 unspecified atom stereocenters. The van der Waals surface area contributed by atoms with Crippen molar-refractivity contribution in [1.29, 1.82) is 0 Å². The van der Waals surface area contributed by atoms with Gasteiger partial charge in [-0.15, -0.1) is 5.10 Å². The largest absolute Gasteiger partial charge is 0.336 e. The summed E-state index contributed by atoms with van der Waals surface area (Å²) < 4.78 is 14.4. The van der Waals surface area contributed by atoms with Crippen LogP contribution in [-0.4, -0.2) is 43.5 Å². The van der Waals surface area contributed by atoms with Crippen LogP contribution < -0.4 is 0 Å². The van der Waals surface area contributed by atoms with Crippen molar-refractivity contribution >= 4 is 11.7 Å². The normalized spacial score (nSPS) is 14.1. The molecule has 0 saturated carbocycles. The summed E-state index contributed by atoms with van der Waals surface area (Å²) in [6, 6.07) is 5.95. The molecule has 0 atom stereocenters. The Labute approximate surface area is 149 Å². The fourth-order valence-corrected chi connectivity index (χ4v) is 2.85. The van der Waals surface area contributed by atoms with Crippen molar-refractivity contribution in [3.05, 3.63) is 59.4 Å². The third-order valence-electron chi connectivity index (χ3n) is 4.22. The highest BCUT2D eigenvalue weighted by Crippen LogP contribution is 2.12. The number of nitrogens with zero attached hydrogens (tertiary/aromatic N) is 5. The maximum Gasteiger partial charge on any atom is 0.293 e. The van der Waals surface area contributed by atoms with Gasteiger partial charge in [0.05, 0.1) is 5.56 Å². The molecular weight excluding hydrogens is 333 g/mol. The van der Waals surface area contributed by atoms with Gasteiger partial charge in [0.15, 0.2) is 0 Å². The molecule has 1 saturated heterocycles. The molecule has 3 aromatic rings. The maximum atomic E-state index is 12.9. The summed E-state index contributed by atoms with van der Waals surface area (Å²) >= 11 is 0. The summed E-state index contributed by atoms with van der Waals surface area (Å²) in [5.74, 6) is 5.95. The van der Waals surface area contributed by atoms with Crippen LogP contribution in [0, 0.1) is 17.7 Å². The van der Waals surface area contributed by atoms with Crippen LogP contribution in [0.2, 0.25) is 0 Å². The molecule has 0 spiro atoms. The number of carbonyl (C=O) groups excluding carboxylic acids is 1. The first-order valence-corrected chi connectivity index (χ1v) is 8.48. The van der Waals surface area contributed by atoms with Crippen molar-refractivity contribution in [3.8, 4) is 11.8 Å². The van der Waals surface area contributed by atoms with Crippen LogP contribution in [0.1, 0.15) is 41.0 Å². The van der Waals surface area contributed by atoms with Crippen LogP contribution in [0.3, 0.4) is 0 Å². The number of hydrogen-bond donors (Lipinski definition) is 0. The first-order valence-electron chi connectivity index (χ1n) is 8.48. The second kappa shape index (κ2) is 6.92. The Morgan fingerprint density at radius 3 is 2.54 bits per heavy atom. The number of piperidine rings is 1. The number of likely N-dealkylation sites (tertiary alicyclic amines) is 1. The monoisotopic (exact) mass is 349 g/mol. The molecule has 1 fully saturated rings. The number of rotatable bonds is 1. The molecule has 1 amide bonds. The van der Waals surface area contributed by atoms with Gasteiger partial charge in [-0.1, -0.05) is 11.8 Å². The Morgan fingerprint density at radius 1 is 1.04 bits per heavy atom. The lowest BCUT2D eigenvalue weighted by molar-refractivity contribution is 0.0712. The predicted molar refractivity (Wildman–Crippen MR) is 92.9 cm³/mol. The van der Waals surface area contributed by atoms with E-state index in [1.54, 1.807) is 29.4 Å². The summed E-state index contributed by atoms with van der Waals surface area (Å²) in [6.45, 7) is 1.49. The summed E-state index contributed by atoms with van der Waals surface area (Å²) in [4.78, 5) is 22.7. The smallest absolute Gasteiger partial charge is 0.293 e. The maximum absolute atomic E-state index is 12.9. The molecule has 3 heterocycles. The number of aromatic nitrogens is 4. The number of carbonyl (C=O) groups is 1. The minimum atomic E-state index is -0.299. The second-order valence-electron chi connectivity index (χ2n) is 6.13. The quantitative estimate of drug-likeness (QED) is 0.633. The van der Waals surface area contributed by atoms with Crippen LogP contribution in [0.15, 0.2) is 36.7 Å². The molecule has 1 aliphatic heterocycles. The van der Waals surface area contributed by atoms with Crippen LogP contribution in [0.25, 0.3) is 5.78 Å². The van der Waals surface area contributed by atoms with Gasteiger partial charge in [-0.05, 0) is 43.5 Å². The van der Waals surface area contributed by atoms with Crippen molar-refractivity contribution in [2.24, 2.45) is 0 Å². The molecule has 0 bridgehead atoms. The SMILES string of the molecule is O=C(c1nc2ncc(C#Cc3ccc(F)cc3)cn2n1)N1CCCCC1. The van der Waals surface area contributed by atoms with Crippen molar-refractivity contribution in [1.82, 2.24) is 24.5 Å². The average Bonchev–Trinajstić information content (AvgIpc) is 3.11. The van der Waals surface area contributed by atoms with Gasteiger partial charge in [-0.3, -0.25) is 4.79 Å². The van der Waals surface area contributed by atoms with Crippen LogP contribution in [-0.2, 0) is 0 Å². The molecule has 7 heteroatoms. The number of benzene rings is 1. The highest BCUT2D eigenvalue weighted by Gasteiger charge is 2.22. The number of amides is 1. The Bertz CT molecular complexity index is 1010. The summed E-state index contributed by atoms with van der Waals surface area (Å²) in [5, 5.41) is 4.25. The van der Waals surface area contributed by atoms with Crippen LogP contribution >= 0.6 is 0 Å². The lowest BCUT2D eigenvalue weighted by atomic mass is 10.1. The minimum absolute atomic E-state index is 0.156. The van der Waals surface area contributed by atoms with Crippen molar-refractivity contribution in [2.45, 2.75) is 19.3 Å². The van der Waals surface area contributed by atoms with E-state index >= 15 is 0 Å². The molecule has 1 aliphatic rings. The third-order valence-corrected chi connectivity index (χ3v) is 4.22. The van der Waals surface area contributed by atoms with Gasteiger partial charge in [0, 0.05) is 31.0 Å². The molecule has 0 radical (unpaired) electrons. The zero-order valence-corrected chi connectivity index (χ0v) is 14.0. The van der Waals surface area contributed by atoms with Gasteiger partial charge in [-0.2, -0.15) is 4.98 Å². The molecule has 6 nitrogen and oxygen atoms in total. The van der Waals surface area contributed by atoms with Crippen molar-refractivity contribution < 1.29 is 9.18 Å². The fraction of sp³-hybridized carbons (Fsp3) is 0.263. The zero-order chi connectivity index (χ0) is 17.9. The number of hydrogen-bond acceptors (Lipinski definition) is 4. The van der Waals surface area contributed by atoms with E-state index in [0.717, 1.165) is 32.4 Å². The van der Waals surface area contributed by atoms with Gasteiger partial charge in [0.1, 0.15) is 5.82 Å². The molecule has 0 N–H and O–H groups in total. The van der Waals surface area contributed by atoms with Crippen LogP contribution in [0.5, 0.6) is 0 Å². The zero-order valence-electron chi connectivity index (χ0n) is 14.0. The summed E-state index contributed by atoms with van der Waals surface area (Å²) in [6.07, 6.45) is 6.44. The van der Waals surface area contributed by atoms with E-state index in [-0.39, 0.29) is 17.5 Å². The van der Waals surface area contributed by atoms with E-state index < -0.39 is 0 Å². The number of halogens is 1. The Balaban J connectivity index is 1.58. The average molecular weight is 349 g/mol.